The first-order valence-electron chi connectivity index (χ1n) is 8.79. The zero-order chi connectivity index (χ0) is 20.8. The molecule has 0 aliphatic carbocycles. The lowest BCUT2D eigenvalue weighted by Crippen LogP contribution is -2.30. The van der Waals surface area contributed by atoms with E-state index in [1.165, 1.54) is 0 Å². The van der Waals surface area contributed by atoms with Crippen molar-refractivity contribution in [2.24, 2.45) is 0 Å². The number of phenolic OH excluding ortho intramolecular Hbond substituents is 2. The molecule has 0 bridgehead atoms. The van der Waals surface area contributed by atoms with E-state index in [9.17, 15) is 19.3 Å². The third kappa shape index (κ3) is 3.24. The molecule has 1 aromatic carbocycles. The third-order valence-corrected chi connectivity index (χ3v) is 13.4. The Morgan fingerprint density at radius 1 is 0.615 bits per heavy atom. The average Bonchev–Trinajstić information content (AvgIpc) is 2.51. The zero-order valence-corrected chi connectivity index (χ0v) is 18.5. The van der Waals surface area contributed by atoms with E-state index in [4.69, 9.17) is 0 Å². The van der Waals surface area contributed by atoms with Gasteiger partial charge in [-0.1, -0.05) is 55.4 Å². The van der Waals surface area contributed by atoms with Crippen LogP contribution in [0, 0.1) is 11.6 Å². The fourth-order valence-corrected chi connectivity index (χ4v) is 9.64. The molecular weight excluding hydrogens is 380 g/mol. The Kier molecular flexibility index (Phi) is 6.81. The van der Waals surface area contributed by atoms with Crippen LogP contribution in [-0.2, 0) is 9.13 Å². The molecule has 0 amide bonds. The maximum atomic E-state index is 15.1. The van der Waals surface area contributed by atoms with E-state index < -0.39 is 70.7 Å². The van der Waals surface area contributed by atoms with Crippen molar-refractivity contribution in [2.45, 2.75) is 78.0 Å². The highest BCUT2D eigenvalue weighted by atomic mass is 31.2. The van der Waals surface area contributed by atoms with Gasteiger partial charge in [0.25, 0.3) is 0 Å². The summed E-state index contributed by atoms with van der Waals surface area (Å²) in [6.07, 6.45) is 0. The molecule has 0 aliphatic heterocycles. The van der Waals surface area contributed by atoms with Gasteiger partial charge in [0.2, 0.25) is 0 Å². The Morgan fingerprint density at radius 3 is 0.962 bits per heavy atom. The molecule has 8 heteroatoms. The van der Waals surface area contributed by atoms with E-state index in [0.717, 1.165) is 0 Å². The topological polar surface area (TPSA) is 74.6 Å². The van der Waals surface area contributed by atoms with E-state index in [2.05, 4.69) is 0 Å². The number of halogens is 2. The first kappa shape index (κ1) is 23.2. The molecule has 0 aromatic heterocycles. The average molecular weight is 410 g/mol. The van der Waals surface area contributed by atoms with Gasteiger partial charge in [-0.05, 0) is 0 Å². The smallest absolute Gasteiger partial charge is 0.180 e. The van der Waals surface area contributed by atoms with E-state index in [1.807, 2.05) is 0 Å². The van der Waals surface area contributed by atoms with Crippen LogP contribution in [0.15, 0.2) is 0 Å². The van der Waals surface area contributed by atoms with Crippen LogP contribution in [0.5, 0.6) is 11.5 Å². The predicted molar refractivity (Wildman–Crippen MR) is 105 cm³/mol. The molecule has 150 valence electrons. The molecule has 26 heavy (non-hydrogen) atoms. The summed E-state index contributed by atoms with van der Waals surface area (Å²) in [4.78, 5) is 0. The van der Waals surface area contributed by atoms with Gasteiger partial charge in [-0.25, -0.2) is 8.78 Å². The fourth-order valence-electron chi connectivity index (χ4n) is 3.50. The quantitative estimate of drug-likeness (QED) is 0.512. The molecule has 2 N–H and O–H groups in total. The minimum atomic E-state index is -3.58. The predicted octanol–water partition coefficient (Wildman–Crippen LogP) is 4.99. The molecule has 0 spiro atoms. The maximum absolute atomic E-state index is 15.1. The maximum Gasteiger partial charge on any atom is 0.180 e. The van der Waals surface area contributed by atoms with E-state index in [0.29, 0.717) is 0 Å². The molecule has 1 rings (SSSR count). The van der Waals surface area contributed by atoms with Gasteiger partial charge in [-0.2, -0.15) is 0 Å². The second-order valence-corrected chi connectivity index (χ2v) is 15.7. The van der Waals surface area contributed by atoms with Gasteiger partial charge in [-0.15, -0.1) is 0 Å². The molecule has 0 saturated carbocycles. The van der Waals surface area contributed by atoms with Gasteiger partial charge in [0.1, 0.15) is 14.3 Å². The molecule has 0 saturated heterocycles. The SMILES string of the molecule is CC(C)P(=O)(c1c(O)c(F)c(P(=O)(C(C)C)C(C)C)c(O)c1F)C(C)C. The monoisotopic (exact) mass is 410 g/mol. The summed E-state index contributed by atoms with van der Waals surface area (Å²) in [5.41, 5.74) is -2.30. The Hall–Kier alpha value is -0.860. The van der Waals surface area contributed by atoms with Crippen LogP contribution in [0.25, 0.3) is 0 Å². The molecule has 0 aliphatic rings. The van der Waals surface area contributed by atoms with Crippen LogP contribution in [0.3, 0.4) is 0 Å². The lowest BCUT2D eigenvalue weighted by molar-refractivity contribution is 0.407. The van der Waals surface area contributed by atoms with Crippen molar-refractivity contribution in [3.63, 3.8) is 0 Å². The first-order valence-corrected chi connectivity index (χ1v) is 12.5. The summed E-state index contributed by atoms with van der Waals surface area (Å²) in [7, 11) is -7.16. The second kappa shape index (κ2) is 7.64. The van der Waals surface area contributed by atoms with Crippen molar-refractivity contribution in [2.75, 3.05) is 0 Å². The molecular formula is C18H30F2O4P2. The summed E-state index contributed by atoms with van der Waals surface area (Å²) >= 11 is 0. The first-order chi connectivity index (χ1) is 11.7. The lowest BCUT2D eigenvalue weighted by Gasteiger charge is -2.31. The standard InChI is InChI=1S/C18H30F2O4P2/c1-9(2)25(23,10(3)4)17-13(19)16(22)18(14(20)15(17)21)26(24,11(5)6)12(7)8/h9-12,21-22H,1-8H3. The van der Waals surface area contributed by atoms with Crippen molar-refractivity contribution in [1.82, 2.24) is 0 Å². The van der Waals surface area contributed by atoms with Crippen LogP contribution in [0.2, 0.25) is 0 Å². The summed E-state index contributed by atoms with van der Waals surface area (Å²) in [6.45, 7) is 12.7. The highest BCUT2D eigenvalue weighted by Gasteiger charge is 2.45. The largest absolute Gasteiger partial charge is 0.504 e. The van der Waals surface area contributed by atoms with Crippen molar-refractivity contribution >= 4 is 24.9 Å². The minimum absolute atomic E-state index is 0.574. The third-order valence-electron chi connectivity index (χ3n) is 5.05. The Labute approximate surface area is 154 Å². The summed E-state index contributed by atoms with van der Waals surface area (Å²) in [5.74, 6) is -4.90. The van der Waals surface area contributed by atoms with Gasteiger partial charge in [0, 0.05) is 22.6 Å². The van der Waals surface area contributed by atoms with E-state index in [-0.39, 0.29) is 0 Å². The lowest BCUT2D eigenvalue weighted by atomic mass is 10.3. The van der Waals surface area contributed by atoms with Crippen molar-refractivity contribution in [1.29, 1.82) is 0 Å². The van der Waals surface area contributed by atoms with Gasteiger partial charge < -0.3 is 19.3 Å². The number of hydrogen-bond donors (Lipinski definition) is 2. The van der Waals surface area contributed by atoms with Gasteiger partial charge in [0.05, 0.1) is 10.6 Å². The number of hydrogen-bond acceptors (Lipinski definition) is 4. The number of phenols is 2. The highest BCUT2D eigenvalue weighted by molar-refractivity contribution is 7.74. The number of aromatic hydroxyl groups is 2. The van der Waals surface area contributed by atoms with Crippen molar-refractivity contribution < 1.29 is 28.1 Å². The van der Waals surface area contributed by atoms with Gasteiger partial charge >= 0.3 is 0 Å². The second-order valence-electron chi connectivity index (χ2n) is 7.82. The van der Waals surface area contributed by atoms with Crippen LogP contribution < -0.4 is 10.6 Å². The van der Waals surface area contributed by atoms with Crippen molar-refractivity contribution in [3.05, 3.63) is 11.6 Å². The number of rotatable bonds is 6. The molecule has 0 unspecified atom stereocenters. The molecule has 0 fully saturated rings. The molecule has 0 atom stereocenters. The molecule has 1 aromatic rings. The van der Waals surface area contributed by atoms with Crippen LogP contribution in [0.1, 0.15) is 55.4 Å². The minimum Gasteiger partial charge on any atom is -0.504 e. The van der Waals surface area contributed by atoms with Gasteiger partial charge in [0.15, 0.2) is 23.1 Å². The van der Waals surface area contributed by atoms with Crippen LogP contribution >= 0.6 is 14.3 Å². The van der Waals surface area contributed by atoms with Crippen molar-refractivity contribution in [3.8, 4) is 11.5 Å². The van der Waals surface area contributed by atoms with E-state index in [1.54, 1.807) is 55.4 Å². The molecule has 4 nitrogen and oxygen atoms in total. The fraction of sp³-hybridized carbons (Fsp3) is 0.667. The van der Waals surface area contributed by atoms with Crippen LogP contribution in [0.4, 0.5) is 8.78 Å². The summed E-state index contributed by atoms with van der Waals surface area (Å²) in [5, 5.41) is 19.5. The van der Waals surface area contributed by atoms with Crippen LogP contribution in [-0.4, -0.2) is 32.8 Å². The molecule has 0 radical (unpaired) electrons. The summed E-state index contributed by atoms with van der Waals surface area (Å²) < 4.78 is 57.1. The zero-order valence-electron chi connectivity index (χ0n) is 16.7. The Bertz CT molecular complexity index is 668. The normalized spacial score (nSPS) is 13.5. The molecule has 0 heterocycles. The highest BCUT2D eigenvalue weighted by Crippen LogP contribution is 2.60. The Morgan fingerprint density at radius 2 is 0.808 bits per heavy atom. The Balaban J connectivity index is 4.07. The number of benzene rings is 1. The van der Waals surface area contributed by atoms with Gasteiger partial charge in [-0.3, -0.25) is 0 Å². The summed E-state index contributed by atoms with van der Waals surface area (Å²) in [6, 6.07) is 0. The van der Waals surface area contributed by atoms with E-state index >= 15 is 8.78 Å².